The maximum atomic E-state index is 12.0. The number of likely N-dealkylation sites (tertiary alicyclic amines) is 1. The summed E-state index contributed by atoms with van der Waals surface area (Å²) in [5.41, 5.74) is 10.3. The van der Waals surface area contributed by atoms with Crippen LogP contribution in [0, 0.1) is 5.41 Å². The third-order valence-corrected chi connectivity index (χ3v) is 4.47. The predicted molar refractivity (Wildman–Crippen MR) is 70.8 cm³/mol. The number of nitrogens with two attached hydrogens (primary N) is 2. The van der Waals surface area contributed by atoms with E-state index in [0.29, 0.717) is 13.0 Å². The Balaban J connectivity index is 2.58. The van der Waals surface area contributed by atoms with Crippen LogP contribution in [0.3, 0.4) is 0 Å². The Morgan fingerprint density at radius 2 is 2.00 bits per heavy atom. The first-order valence-electron chi connectivity index (χ1n) is 6.07. The van der Waals surface area contributed by atoms with Crippen molar-refractivity contribution in [2.75, 3.05) is 25.1 Å². The first-order valence-corrected chi connectivity index (χ1v) is 8.13. The van der Waals surface area contributed by atoms with E-state index >= 15 is 0 Å². The van der Waals surface area contributed by atoms with Crippen LogP contribution in [0.1, 0.15) is 19.8 Å². The summed E-state index contributed by atoms with van der Waals surface area (Å²) in [6.45, 7) is 2.38. The molecule has 0 saturated carbocycles. The second-order valence-corrected chi connectivity index (χ2v) is 7.72. The van der Waals surface area contributed by atoms with E-state index in [9.17, 15) is 18.0 Å². The smallest absolute Gasteiger partial charge is 0.239 e. The van der Waals surface area contributed by atoms with E-state index in [1.807, 2.05) is 0 Å². The van der Waals surface area contributed by atoms with Crippen LogP contribution in [0.25, 0.3) is 0 Å². The quantitative estimate of drug-likeness (QED) is 0.636. The zero-order valence-electron chi connectivity index (χ0n) is 11.3. The molecule has 1 rings (SSSR count). The van der Waals surface area contributed by atoms with Gasteiger partial charge in [-0.25, -0.2) is 8.42 Å². The molecule has 1 saturated heterocycles. The number of sulfone groups is 1. The highest BCUT2D eigenvalue weighted by Crippen LogP contribution is 2.29. The van der Waals surface area contributed by atoms with Gasteiger partial charge in [-0.05, 0) is 19.8 Å². The van der Waals surface area contributed by atoms with Crippen LogP contribution in [0.4, 0.5) is 0 Å². The third-order valence-electron chi connectivity index (χ3n) is 3.50. The monoisotopic (exact) mass is 291 g/mol. The lowest BCUT2D eigenvalue weighted by Gasteiger charge is -2.23. The minimum absolute atomic E-state index is 0.0848. The van der Waals surface area contributed by atoms with Crippen LogP contribution >= 0.6 is 0 Å². The van der Waals surface area contributed by atoms with E-state index in [0.717, 1.165) is 6.26 Å². The van der Waals surface area contributed by atoms with Gasteiger partial charge in [0.15, 0.2) is 0 Å². The molecule has 7 nitrogen and oxygen atoms in total. The Morgan fingerprint density at radius 1 is 1.42 bits per heavy atom. The van der Waals surface area contributed by atoms with Crippen LogP contribution < -0.4 is 11.5 Å². The van der Waals surface area contributed by atoms with Gasteiger partial charge in [-0.2, -0.15) is 0 Å². The molecule has 0 aromatic heterocycles. The van der Waals surface area contributed by atoms with Crippen molar-refractivity contribution < 1.29 is 18.0 Å². The van der Waals surface area contributed by atoms with E-state index in [-0.39, 0.29) is 24.6 Å². The topological polar surface area (TPSA) is 124 Å². The number of amides is 2. The second kappa shape index (κ2) is 5.46. The molecule has 110 valence electrons. The first kappa shape index (κ1) is 15.9. The fourth-order valence-corrected chi connectivity index (χ4v) is 2.73. The molecule has 2 unspecified atom stereocenters. The molecule has 1 aliphatic rings. The Morgan fingerprint density at radius 3 is 2.42 bits per heavy atom. The summed E-state index contributed by atoms with van der Waals surface area (Å²) in [6.07, 6.45) is 1.69. The number of hydrogen-bond donors (Lipinski definition) is 2. The SMILES string of the molecule is CC1(C(N)=O)CCN(C(=O)C(N)CCS(C)(=O)=O)C1. The number of primary amides is 1. The van der Waals surface area contributed by atoms with Crippen LogP contribution in [0.5, 0.6) is 0 Å². The highest BCUT2D eigenvalue weighted by Gasteiger charge is 2.41. The lowest BCUT2D eigenvalue weighted by Crippen LogP contribution is -2.45. The first-order chi connectivity index (χ1) is 8.55. The molecule has 0 radical (unpaired) electrons. The van der Waals surface area contributed by atoms with E-state index in [2.05, 4.69) is 0 Å². The maximum absolute atomic E-state index is 12.0. The van der Waals surface area contributed by atoms with Gasteiger partial charge in [-0.15, -0.1) is 0 Å². The molecule has 2 atom stereocenters. The van der Waals surface area contributed by atoms with Gasteiger partial charge in [0.25, 0.3) is 0 Å². The molecule has 0 aromatic rings. The summed E-state index contributed by atoms with van der Waals surface area (Å²) < 4.78 is 22.1. The van der Waals surface area contributed by atoms with E-state index in [4.69, 9.17) is 11.5 Å². The van der Waals surface area contributed by atoms with Gasteiger partial charge < -0.3 is 16.4 Å². The summed E-state index contributed by atoms with van der Waals surface area (Å²) in [5, 5.41) is 0. The maximum Gasteiger partial charge on any atom is 0.239 e. The summed E-state index contributed by atoms with van der Waals surface area (Å²) in [6, 6.07) is -0.857. The Hall–Kier alpha value is -1.15. The molecule has 19 heavy (non-hydrogen) atoms. The normalized spacial score (nSPS) is 25.3. The van der Waals surface area contributed by atoms with E-state index < -0.39 is 27.2 Å². The standard InChI is InChI=1S/C11H21N3O4S/c1-11(10(13)16)4-5-14(7-11)9(15)8(12)3-6-19(2,17)18/h8H,3-7,12H2,1-2H3,(H2,13,16). The number of nitrogens with zero attached hydrogens (tertiary/aromatic N) is 1. The fraction of sp³-hybridized carbons (Fsp3) is 0.818. The Bertz CT molecular complexity index is 476. The molecule has 0 spiro atoms. The molecular weight excluding hydrogens is 270 g/mol. The van der Waals surface area contributed by atoms with Crippen LogP contribution in [0.15, 0.2) is 0 Å². The number of carbonyl (C=O) groups excluding carboxylic acids is 2. The molecule has 8 heteroatoms. The molecule has 1 heterocycles. The molecular formula is C11H21N3O4S. The van der Waals surface area contributed by atoms with Gasteiger partial charge in [0.2, 0.25) is 11.8 Å². The summed E-state index contributed by atoms with van der Waals surface area (Å²) in [5.74, 6) is -0.887. The minimum atomic E-state index is -3.14. The minimum Gasteiger partial charge on any atom is -0.369 e. The van der Waals surface area contributed by atoms with E-state index in [1.165, 1.54) is 4.90 Å². The largest absolute Gasteiger partial charge is 0.369 e. The van der Waals surface area contributed by atoms with Crippen molar-refractivity contribution in [1.82, 2.24) is 4.90 Å². The van der Waals surface area contributed by atoms with E-state index in [1.54, 1.807) is 6.92 Å². The van der Waals surface area contributed by atoms with Gasteiger partial charge in [0.05, 0.1) is 17.2 Å². The van der Waals surface area contributed by atoms with Crippen molar-refractivity contribution in [2.45, 2.75) is 25.8 Å². The molecule has 1 fully saturated rings. The highest BCUT2D eigenvalue weighted by molar-refractivity contribution is 7.90. The Kier molecular flexibility index (Phi) is 4.57. The molecule has 0 bridgehead atoms. The van der Waals surface area contributed by atoms with Crippen molar-refractivity contribution in [3.05, 3.63) is 0 Å². The molecule has 4 N–H and O–H groups in total. The lowest BCUT2D eigenvalue weighted by molar-refractivity contribution is -0.132. The molecule has 2 amide bonds. The lowest BCUT2D eigenvalue weighted by atomic mass is 9.89. The van der Waals surface area contributed by atoms with Gasteiger partial charge in [-0.1, -0.05) is 0 Å². The van der Waals surface area contributed by atoms with Crippen molar-refractivity contribution >= 4 is 21.7 Å². The van der Waals surface area contributed by atoms with Crippen LogP contribution in [-0.2, 0) is 19.4 Å². The number of hydrogen-bond acceptors (Lipinski definition) is 5. The number of rotatable bonds is 5. The van der Waals surface area contributed by atoms with Crippen molar-refractivity contribution in [1.29, 1.82) is 0 Å². The average molecular weight is 291 g/mol. The molecule has 1 aliphatic heterocycles. The number of carbonyl (C=O) groups is 2. The summed E-state index contributed by atoms with van der Waals surface area (Å²) >= 11 is 0. The third kappa shape index (κ3) is 4.17. The van der Waals surface area contributed by atoms with Gasteiger partial charge in [0.1, 0.15) is 9.84 Å². The average Bonchev–Trinajstić information content (AvgIpc) is 2.68. The fourth-order valence-electron chi connectivity index (χ4n) is 2.05. The van der Waals surface area contributed by atoms with Gasteiger partial charge in [-0.3, -0.25) is 9.59 Å². The summed E-state index contributed by atoms with van der Waals surface area (Å²) in [7, 11) is -3.14. The predicted octanol–water partition coefficient (Wildman–Crippen LogP) is -1.53. The van der Waals surface area contributed by atoms with Gasteiger partial charge >= 0.3 is 0 Å². The molecule has 0 aromatic carbocycles. The Labute approximate surface area is 113 Å². The zero-order valence-corrected chi connectivity index (χ0v) is 12.1. The van der Waals surface area contributed by atoms with Gasteiger partial charge in [0, 0.05) is 19.3 Å². The van der Waals surface area contributed by atoms with Crippen molar-refractivity contribution in [3.8, 4) is 0 Å². The van der Waals surface area contributed by atoms with Crippen LogP contribution in [-0.4, -0.2) is 56.3 Å². The van der Waals surface area contributed by atoms with Crippen molar-refractivity contribution in [2.24, 2.45) is 16.9 Å². The zero-order chi connectivity index (χ0) is 14.8. The highest BCUT2D eigenvalue weighted by atomic mass is 32.2. The second-order valence-electron chi connectivity index (χ2n) is 5.46. The van der Waals surface area contributed by atoms with Crippen molar-refractivity contribution in [3.63, 3.8) is 0 Å². The molecule has 0 aliphatic carbocycles. The van der Waals surface area contributed by atoms with Crippen LogP contribution in [0.2, 0.25) is 0 Å². The summed E-state index contributed by atoms with van der Waals surface area (Å²) in [4.78, 5) is 24.8.